The highest BCUT2D eigenvalue weighted by Gasteiger charge is 2.21. The minimum absolute atomic E-state index is 0.135. The maximum absolute atomic E-state index is 12.3. The fourth-order valence-corrected chi connectivity index (χ4v) is 2.59. The normalized spacial score (nSPS) is 11.9. The van der Waals surface area contributed by atoms with Crippen LogP contribution in [-0.4, -0.2) is 31.2 Å². The first-order valence-electron chi connectivity index (χ1n) is 8.18. The van der Waals surface area contributed by atoms with Crippen molar-refractivity contribution in [1.29, 1.82) is 0 Å². The van der Waals surface area contributed by atoms with E-state index in [4.69, 9.17) is 14.6 Å². The lowest BCUT2D eigenvalue weighted by molar-refractivity contribution is -0.137. The minimum Gasteiger partial charge on any atom is -0.493 e. The summed E-state index contributed by atoms with van der Waals surface area (Å²) in [6.07, 6.45) is 2.05. The zero-order valence-electron chi connectivity index (χ0n) is 14.8. The molecule has 24 heavy (non-hydrogen) atoms. The zero-order chi connectivity index (χ0) is 18.1. The first-order chi connectivity index (χ1) is 11.4. The van der Waals surface area contributed by atoms with Gasteiger partial charge in [-0.2, -0.15) is 0 Å². The van der Waals surface area contributed by atoms with Crippen LogP contribution in [0.1, 0.15) is 51.1 Å². The van der Waals surface area contributed by atoms with Crippen LogP contribution in [-0.2, 0) is 9.59 Å². The number of aliphatic carboxylic acids is 1. The third-order valence-corrected chi connectivity index (χ3v) is 4.15. The lowest BCUT2D eigenvalue weighted by Crippen LogP contribution is -2.31. The molecule has 0 saturated heterocycles. The summed E-state index contributed by atoms with van der Waals surface area (Å²) in [5, 5.41) is 12.0. The van der Waals surface area contributed by atoms with Crippen LogP contribution < -0.4 is 14.8 Å². The number of methoxy groups -OCH3 is 2. The summed E-state index contributed by atoms with van der Waals surface area (Å²) in [6, 6.07) is 4.54. The standard InChI is InChI=1S/C18H27NO5/c1-5-12(6-2)9-17(20)19-14(11-18(21)22)13-7-8-15(23-3)16(10-13)24-4/h7-8,10,12,14H,5-6,9,11H2,1-4H3,(H,19,20)(H,21,22). The topological polar surface area (TPSA) is 84.9 Å². The Kier molecular flexibility index (Phi) is 8.09. The lowest BCUT2D eigenvalue weighted by Gasteiger charge is -2.20. The van der Waals surface area contributed by atoms with Crippen molar-refractivity contribution in [3.05, 3.63) is 23.8 Å². The first kappa shape index (κ1) is 19.8. The monoisotopic (exact) mass is 337 g/mol. The number of nitrogens with one attached hydrogen (secondary N) is 1. The summed E-state index contributed by atoms with van der Waals surface area (Å²) < 4.78 is 10.4. The molecule has 0 bridgehead atoms. The molecule has 0 saturated carbocycles. The van der Waals surface area contributed by atoms with Gasteiger partial charge in [-0.25, -0.2) is 0 Å². The largest absolute Gasteiger partial charge is 0.493 e. The molecule has 2 N–H and O–H groups in total. The molecule has 6 heteroatoms. The molecule has 1 aromatic rings. The van der Waals surface area contributed by atoms with Gasteiger partial charge in [-0.3, -0.25) is 9.59 Å². The summed E-state index contributed by atoms with van der Waals surface area (Å²) >= 11 is 0. The van der Waals surface area contributed by atoms with Crippen molar-refractivity contribution in [3.63, 3.8) is 0 Å². The molecule has 0 aliphatic heterocycles. The maximum atomic E-state index is 12.3. The molecule has 0 heterocycles. The highest BCUT2D eigenvalue weighted by atomic mass is 16.5. The van der Waals surface area contributed by atoms with E-state index in [1.54, 1.807) is 18.2 Å². The Morgan fingerprint density at radius 1 is 1.08 bits per heavy atom. The summed E-state index contributed by atoms with van der Waals surface area (Å²) in [5.41, 5.74) is 0.674. The van der Waals surface area contributed by atoms with Gasteiger partial charge in [0.2, 0.25) is 5.91 Å². The van der Waals surface area contributed by atoms with E-state index < -0.39 is 12.0 Å². The molecule has 0 spiro atoms. The number of hydrogen-bond acceptors (Lipinski definition) is 4. The molecule has 1 atom stereocenters. The van der Waals surface area contributed by atoms with E-state index in [1.165, 1.54) is 14.2 Å². The number of hydrogen-bond donors (Lipinski definition) is 2. The molecule has 134 valence electrons. The quantitative estimate of drug-likeness (QED) is 0.685. The molecular weight excluding hydrogens is 310 g/mol. The fourth-order valence-electron chi connectivity index (χ4n) is 2.59. The third-order valence-electron chi connectivity index (χ3n) is 4.15. The number of carbonyl (C=O) groups is 2. The maximum Gasteiger partial charge on any atom is 0.305 e. The highest BCUT2D eigenvalue weighted by Crippen LogP contribution is 2.31. The molecular formula is C18H27NO5. The van der Waals surface area contributed by atoms with Crippen molar-refractivity contribution in [2.75, 3.05) is 14.2 Å². The van der Waals surface area contributed by atoms with Crippen molar-refractivity contribution in [3.8, 4) is 11.5 Å². The zero-order valence-corrected chi connectivity index (χ0v) is 14.8. The van der Waals surface area contributed by atoms with Crippen LogP contribution in [0.3, 0.4) is 0 Å². The van der Waals surface area contributed by atoms with E-state index in [9.17, 15) is 9.59 Å². The summed E-state index contributed by atoms with van der Waals surface area (Å²) in [4.78, 5) is 23.4. The predicted octanol–water partition coefficient (Wildman–Crippen LogP) is 3.16. The van der Waals surface area contributed by atoms with Crippen molar-refractivity contribution >= 4 is 11.9 Å². The Hall–Kier alpha value is -2.24. The smallest absolute Gasteiger partial charge is 0.305 e. The number of carboxylic acid groups (broad SMARTS) is 1. The van der Waals surface area contributed by atoms with Crippen LogP contribution in [0.15, 0.2) is 18.2 Å². The third kappa shape index (κ3) is 5.76. The van der Waals surface area contributed by atoms with Crippen LogP contribution in [0.25, 0.3) is 0 Å². The van der Waals surface area contributed by atoms with Gasteiger partial charge in [0.1, 0.15) is 0 Å². The van der Waals surface area contributed by atoms with Gasteiger partial charge in [0.05, 0.1) is 26.7 Å². The molecule has 1 unspecified atom stereocenters. The molecule has 0 aliphatic rings. The second-order valence-corrected chi connectivity index (χ2v) is 5.72. The first-order valence-corrected chi connectivity index (χ1v) is 8.18. The van der Waals surface area contributed by atoms with Crippen LogP contribution in [0.2, 0.25) is 0 Å². The van der Waals surface area contributed by atoms with Crippen molar-refractivity contribution in [2.24, 2.45) is 5.92 Å². The molecule has 0 fully saturated rings. The SMILES string of the molecule is CCC(CC)CC(=O)NC(CC(=O)O)c1ccc(OC)c(OC)c1. The minimum atomic E-state index is -0.974. The van der Waals surface area contributed by atoms with Crippen molar-refractivity contribution < 1.29 is 24.2 Å². The average molecular weight is 337 g/mol. The number of rotatable bonds is 10. The van der Waals surface area contributed by atoms with E-state index in [0.717, 1.165) is 12.8 Å². The van der Waals surface area contributed by atoms with Crippen LogP contribution in [0, 0.1) is 5.92 Å². The Labute approximate surface area is 143 Å². The number of benzene rings is 1. The second-order valence-electron chi connectivity index (χ2n) is 5.72. The molecule has 6 nitrogen and oxygen atoms in total. The van der Waals surface area contributed by atoms with Gasteiger partial charge in [-0.05, 0) is 23.6 Å². The fraction of sp³-hybridized carbons (Fsp3) is 0.556. The van der Waals surface area contributed by atoms with Crippen molar-refractivity contribution in [2.45, 2.75) is 45.6 Å². The Balaban J connectivity index is 2.96. The van der Waals surface area contributed by atoms with Gasteiger partial charge >= 0.3 is 5.97 Å². The molecule has 0 aromatic heterocycles. The molecule has 1 aromatic carbocycles. The highest BCUT2D eigenvalue weighted by molar-refractivity contribution is 5.78. The number of ether oxygens (including phenoxy) is 2. The van der Waals surface area contributed by atoms with Gasteiger partial charge in [-0.1, -0.05) is 32.8 Å². The predicted molar refractivity (Wildman–Crippen MR) is 91.4 cm³/mol. The molecule has 0 radical (unpaired) electrons. The van der Waals surface area contributed by atoms with E-state index in [2.05, 4.69) is 5.32 Å². The second kappa shape index (κ2) is 9.80. The average Bonchev–Trinajstić information content (AvgIpc) is 2.57. The van der Waals surface area contributed by atoms with E-state index in [-0.39, 0.29) is 12.3 Å². The van der Waals surface area contributed by atoms with Gasteiger partial charge in [-0.15, -0.1) is 0 Å². The Morgan fingerprint density at radius 2 is 1.71 bits per heavy atom. The van der Waals surface area contributed by atoms with Crippen molar-refractivity contribution in [1.82, 2.24) is 5.32 Å². The van der Waals surface area contributed by atoms with E-state index in [0.29, 0.717) is 29.4 Å². The van der Waals surface area contributed by atoms with Gasteiger partial charge in [0.15, 0.2) is 11.5 Å². The van der Waals surface area contributed by atoms with Gasteiger partial charge < -0.3 is 19.9 Å². The number of carboxylic acids is 1. The molecule has 0 aliphatic carbocycles. The number of amides is 1. The summed E-state index contributed by atoms with van der Waals surface area (Å²) in [5.74, 6) is 0.251. The van der Waals surface area contributed by atoms with E-state index in [1.807, 2.05) is 13.8 Å². The molecule has 1 amide bonds. The van der Waals surface area contributed by atoms with Crippen LogP contribution in [0.4, 0.5) is 0 Å². The number of carbonyl (C=O) groups excluding carboxylic acids is 1. The van der Waals surface area contributed by atoms with Crippen LogP contribution >= 0.6 is 0 Å². The van der Waals surface area contributed by atoms with E-state index >= 15 is 0 Å². The summed E-state index contributed by atoms with van der Waals surface area (Å²) in [6.45, 7) is 4.09. The summed E-state index contributed by atoms with van der Waals surface area (Å²) in [7, 11) is 3.04. The molecule has 1 rings (SSSR count). The van der Waals surface area contributed by atoms with Gasteiger partial charge in [0, 0.05) is 6.42 Å². The Morgan fingerprint density at radius 3 is 2.21 bits per heavy atom. The van der Waals surface area contributed by atoms with Gasteiger partial charge in [0.25, 0.3) is 0 Å². The Bertz CT molecular complexity index is 554. The lowest BCUT2D eigenvalue weighted by atomic mass is 9.98. The van der Waals surface area contributed by atoms with Crippen LogP contribution in [0.5, 0.6) is 11.5 Å².